The molecule has 0 bridgehead atoms. The lowest BCUT2D eigenvalue weighted by molar-refractivity contribution is 0.630. The van der Waals surface area contributed by atoms with Gasteiger partial charge in [0.15, 0.2) is 0 Å². The Morgan fingerprint density at radius 1 is 1.00 bits per heavy atom. The minimum Gasteiger partial charge on any atom is -0.233 e. The lowest BCUT2D eigenvalue weighted by Gasteiger charge is -2.08. The first kappa shape index (κ1) is 18.8. The first-order chi connectivity index (χ1) is 12.6. The second-order valence-electron chi connectivity index (χ2n) is 5.56. The molecule has 0 unspecified atom stereocenters. The molecule has 2 aromatic carbocycles. The minimum absolute atomic E-state index is 0.750. The standard InChI is InChI=1S/C19H20N2.CH4.O2S/c1-4-17-13-19(16-9-5-14(2)6-10-16)21(20-17)18-11-7-15(3)8-12-18;;1-3-2/h5-13H,4H2,1-3H3;1H4;/i;1T;. The Hall–Kier alpha value is -2.53. The van der Waals surface area contributed by atoms with Crippen LogP contribution in [-0.2, 0) is 18.0 Å². The molecular formula is C20H24N2O2S. The second kappa shape index (κ2) is 9.69. The van der Waals surface area contributed by atoms with Gasteiger partial charge in [0.05, 0.1) is 17.1 Å². The van der Waals surface area contributed by atoms with Crippen molar-refractivity contribution in [2.75, 3.05) is 0 Å². The number of aromatic nitrogens is 2. The van der Waals surface area contributed by atoms with Crippen LogP contribution in [0.3, 0.4) is 0 Å². The lowest BCUT2D eigenvalue weighted by Crippen LogP contribution is -1.99. The van der Waals surface area contributed by atoms with Crippen molar-refractivity contribution in [1.29, 1.82) is 0 Å². The van der Waals surface area contributed by atoms with Crippen molar-refractivity contribution in [3.63, 3.8) is 0 Å². The maximum Gasteiger partial charge on any atom is 0.335 e. The summed E-state index contributed by atoms with van der Waals surface area (Å²) in [6.07, 6.45) is 0.942. The maximum atomic E-state index is 8.29. The molecular weight excluding hydrogens is 332 g/mol. The maximum absolute atomic E-state index is 8.29. The highest BCUT2D eigenvalue weighted by Gasteiger charge is 2.10. The molecule has 1 heterocycles. The highest BCUT2D eigenvalue weighted by Crippen LogP contribution is 2.25. The Morgan fingerprint density at radius 3 is 1.96 bits per heavy atom. The monoisotopic (exact) mass is 358 g/mol. The number of rotatable bonds is 3. The van der Waals surface area contributed by atoms with E-state index in [4.69, 9.17) is 14.9 Å². The molecule has 3 aromatic rings. The van der Waals surface area contributed by atoms with Crippen molar-refractivity contribution in [2.45, 2.75) is 34.6 Å². The van der Waals surface area contributed by atoms with Gasteiger partial charge in [-0.3, -0.25) is 0 Å². The van der Waals surface area contributed by atoms with Gasteiger partial charge in [-0.1, -0.05) is 61.9 Å². The molecule has 0 saturated heterocycles. The SMILES string of the molecule is CCc1cc(-c2ccc(C)cc2)n(-c2ccc(C)cc2)n1.O=S=O.[3H]C. The summed E-state index contributed by atoms with van der Waals surface area (Å²) in [5, 5.41) is 4.74. The van der Waals surface area contributed by atoms with Crippen LogP contribution in [0.1, 0.15) is 32.5 Å². The average Bonchev–Trinajstić information content (AvgIpc) is 3.10. The predicted octanol–water partition coefficient (Wildman–Crippen LogP) is 4.68. The Balaban J connectivity index is 0.000000615. The van der Waals surface area contributed by atoms with Crippen LogP contribution < -0.4 is 0 Å². The van der Waals surface area contributed by atoms with E-state index in [0.717, 1.165) is 23.5 Å². The molecule has 25 heavy (non-hydrogen) atoms. The molecule has 0 aliphatic rings. The molecule has 0 aliphatic heterocycles. The number of hydrogen-bond acceptors (Lipinski definition) is 3. The van der Waals surface area contributed by atoms with Gasteiger partial charge in [0.2, 0.25) is 0 Å². The van der Waals surface area contributed by atoms with Gasteiger partial charge in [-0.2, -0.15) is 13.5 Å². The van der Waals surface area contributed by atoms with Gasteiger partial charge in [0.1, 0.15) is 0 Å². The summed E-state index contributed by atoms with van der Waals surface area (Å²) in [6, 6.07) is 19.3. The van der Waals surface area contributed by atoms with Crippen molar-refractivity contribution < 1.29 is 9.79 Å². The number of hydrogen-bond donors (Lipinski definition) is 0. The molecule has 4 nitrogen and oxygen atoms in total. The van der Waals surface area contributed by atoms with Crippen LogP contribution in [0.4, 0.5) is 0 Å². The van der Waals surface area contributed by atoms with E-state index in [1.165, 1.54) is 24.1 Å². The normalized spacial score (nSPS) is 9.84. The van der Waals surface area contributed by atoms with E-state index < -0.39 is 11.6 Å². The van der Waals surface area contributed by atoms with Gasteiger partial charge in [-0.05, 0) is 38.5 Å². The van der Waals surface area contributed by atoms with Crippen LogP contribution in [0.2, 0.25) is 0 Å². The molecule has 1 aromatic heterocycles. The number of aryl methyl sites for hydroxylation is 3. The molecule has 0 N–H and O–H groups in total. The predicted molar refractivity (Wildman–Crippen MR) is 104 cm³/mol. The molecule has 5 heteroatoms. The largest absolute Gasteiger partial charge is 0.335 e. The zero-order valence-corrected chi connectivity index (χ0v) is 15.8. The van der Waals surface area contributed by atoms with E-state index in [9.17, 15) is 0 Å². The van der Waals surface area contributed by atoms with Crippen LogP contribution >= 0.6 is 0 Å². The van der Waals surface area contributed by atoms with E-state index in [0.29, 0.717) is 0 Å². The fourth-order valence-electron chi connectivity index (χ4n) is 2.42. The fourth-order valence-corrected chi connectivity index (χ4v) is 2.42. The summed E-state index contributed by atoms with van der Waals surface area (Å²) in [7, 11) is 1.25. The van der Waals surface area contributed by atoms with Gasteiger partial charge in [0.25, 0.3) is 0 Å². The fraction of sp³-hybridized carbons (Fsp3) is 0.250. The number of nitrogens with zero attached hydrogens (tertiary/aromatic N) is 2. The van der Waals surface area contributed by atoms with E-state index in [1.54, 1.807) is 0 Å². The Morgan fingerprint density at radius 2 is 1.48 bits per heavy atom. The zero-order valence-electron chi connectivity index (χ0n) is 16.0. The van der Waals surface area contributed by atoms with E-state index >= 15 is 0 Å². The zero-order chi connectivity index (χ0) is 19.5. The van der Waals surface area contributed by atoms with Gasteiger partial charge in [0, 0.05) is 6.93 Å². The molecule has 0 aliphatic carbocycles. The molecule has 0 saturated carbocycles. The molecule has 0 fully saturated rings. The summed E-state index contributed by atoms with van der Waals surface area (Å²) in [4.78, 5) is 0. The molecule has 132 valence electrons. The third-order valence-electron chi connectivity index (χ3n) is 3.75. The van der Waals surface area contributed by atoms with Gasteiger partial charge in [-0.25, -0.2) is 4.68 Å². The van der Waals surface area contributed by atoms with Crippen molar-refractivity contribution in [1.82, 2.24) is 9.78 Å². The summed E-state index contributed by atoms with van der Waals surface area (Å²) in [6.45, 7) is 6.35. The molecule has 0 spiro atoms. The molecule has 0 amide bonds. The second-order valence-corrected chi connectivity index (χ2v) is 5.69. The third kappa shape index (κ3) is 5.22. The average molecular weight is 358 g/mol. The van der Waals surface area contributed by atoms with Crippen molar-refractivity contribution in [3.8, 4) is 16.9 Å². The van der Waals surface area contributed by atoms with E-state index in [2.05, 4.69) is 75.4 Å². The van der Waals surface area contributed by atoms with Gasteiger partial charge < -0.3 is 0 Å². The van der Waals surface area contributed by atoms with E-state index in [-0.39, 0.29) is 0 Å². The number of benzene rings is 2. The van der Waals surface area contributed by atoms with Gasteiger partial charge in [-0.15, -0.1) is 0 Å². The molecule has 0 radical (unpaired) electrons. The van der Waals surface area contributed by atoms with Crippen LogP contribution in [-0.4, -0.2) is 18.2 Å². The van der Waals surface area contributed by atoms with Crippen molar-refractivity contribution >= 4 is 11.6 Å². The van der Waals surface area contributed by atoms with Crippen molar-refractivity contribution in [2.24, 2.45) is 0 Å². The van der Waals surface area contributed by atoms with Gasteiger partial charge >= 0.3 is 11.6 Å². The van der Waals surface area contributed by atoms with Crippen LogP contribution in [0, 0.1) is 13.8 Å². The molecule has 0 atom stereocenters. The smallest absolute Gasteiger partial charge is 0.233 e. The Bertz CT molecular complexity index is 774. The lowest BCUT2D eigenvalue weighted by atomic mass is 10.1. The highest BCUT2D eigenvalue weighted by molar-refractivity contribution is 7.51. The highest BCUT2D eigenvalue weighted by atomic mass is 32.1. The Labute approximate surface area is 154 Å². The minimum atomic E-state index is -0.750. The molecule has 3 rings (SSSR count). The first-order valence-electron chi connectivity index (χ1n) is 8.73. The first-order valence-corrected chi connectivity index (χ1v) is 8.40. The third-order valence-corrected chi connectivity index (χ3v) is 3.75. The van der Waals surface area contributed by atoms with Crippen molar-refractivity contribution in [3.05, 3.63) is 71.4 Å². The van der Waals surface area contributed by atoms with E-state index in [1.807, 2.05) is 4.68 Å². The van der Waals surface area contributed by atoms with Crippen LogP contribution in [0.5, 0.6) is 0 Å². The quantitative estimate of drug-likeness (QED) is 0.683. The summed E-state index contributed by atoms with van der Waals surface area (Å²) < 4.78 is 24.4. The van der Waals surface area contributed by atoms with Crippen LogP contribution in [0.15, 0.2) is 54.6 Å². The summed E-state index contributed by atoms with van der Waals surface area (Å²) in [5.74, 6) is 0. The Kier molecular flexibility index (Phi) is 7.29. The summed E-state index contributed by atoms with van der Waals surface area (Å²) in [5.41, 5.74) is 7.11. The topological polar surface area (TPSA) is 52.0 Å². The van der Waals surface area contributed by atoms with Crippen LogP contribution in [0.25, 0.3) is 16.9 Å². The summed E-state index contributed by atoms with van der Waals surface area (Å²) >= 11 is -0.750.